The summed E-state index contributed by atoms with van der Waals surface area (Å²) in [5, 5.41) is 2.52. The van der Waals surface area contributed by atoms with Gasteiger partial charge < -0.3 is 9.47 Å². The molecule has 2 heteroatoms. The molecule has 0 spiro atoms. The molecule has 2 aliphatic carbocycles. The first kappa shape index (κ1) is 31.4. The van der Waals surface area contributed by atoms with Crippen molar-refractivity contribution in [3.05, 3.63) is 199 Å². The summed E-state index contributed by atoms with van der Waals surface area (Å²) in [4.78, 5) is 2.38. The van der Waals surface area contributed by atoms with E-state index in [-0.39, 0.29) is 5.41 Å². The van der Waals surface area contributed by atoms with Gasteiger partial charge in [0.25, 0.3) is 0 Å². The number of allylic oxidation sites excluding steroid dienone is 4. The van der Waals surface area contributed by atoms with Gasteiger partial charge in [0.2, 0.25) is 0 Å². The molecule has 0 fully saturated rings. The van der Waals surface area contributed by atoms with Crippen molar-refractivity contribution < 1.29 is 0 Å². The Morgan fingerprint density at radius 1 is 0.491 bits per heavy atom. The summed E-state index contributed by atoms with van der Waals surface area (Å²) in [6, 6.07) is 60.4. The summed E-state index contributed by atoms with van der Waals surface area (Å²) in [5.74, 6) is 0. The predicted molar refractivity (Wildman–Crippen MR) is 225 cm³/mol. The molecule has 1 aromatic heterocycles. The van der Waals surface area contributed by atoms with E-state index < -0.39 is 0 Å². The number of hydrogen-bond acceptors (Lipinski definition) is 1. The Kier molecular flexibility index (Phi) is 7.33. The van der Waals surface area contributed by atoms with E-state index in [0.717, 1.165) is 29.9 Å². The predicted octanol–water partition coefficient (Wildman–Crippen LogP) is 14.0. The summed E-state index contributed by atoms with van der Waals surface area (Å²) in [5.41, 5.74) is 17.4. The van der Waals surface area contributed by atoms with Crippen molar-refractivity contribution in [2.45, 2.75) is 32.1 Å². The molecular weight excluding hydrogens is 641 g/mol. The summed E-state index contributed by atoms with van der Waals surface area (Å²) < 4.78 is 2.40. The van der Waals surface area contributed by atoms with Crippen molar-refractivity contribution in [1.29, 1.82) is 0 Å². The van der Waals surface area contributed by atoms with Crippen molar-refractivity contribution in [2.75, 3.05) is 4.90 Å². The van der Waals surface area contributed by atoms with Crippen LogP contribution in [0.4, 0.5) is 17.1 Å². The fraction of sp³-hybridized carbons (Fsp3) is 0.0980. The minimum Gasteiger partial charge on any atom is -0.310 e. The molecular formula is C51H40N2. The lowest BCUT2D eigenvalue weighted by Crippen LogP contribution is -2.16. The van der Waals surface area contributed by atoms with Gasteiger partial charge in [0, 0.05) is 38.9 Å². The third-order valence-electron chi connectivity index (χ3n) is 11.4. The SMILES string of the molecule is CC1(C)c2ccccc2-c2ccc(N(c3ccccc3)c3ccc(-c4ccc5c(c4)c4ccccc4n5-c4ccc(C5=CCCC=C5)cc4)cc3)cc21. The lowest BCUT2D eigenvalue weighted by atomic mass is 9.82. The molecule has 2 nitrogen and oxygen atoms in total. The van der Waals surface area contributed by atoms with Crippen LogP contribution >= 0.6 is 0 Å². The molecule has 1 heterocycles. The molecule has 0 bridgehead atoms. The zero-order valence-electron chi connectivity index (χ0n) is 30.1. The largest absolute Gasteiger partial charge is 0.310 e. The number of nitrogens with zero attached hydrogens (tertiary/aromatic N) is 2. The quantitative estimate of drug-likeness (QED) is 0.170. The van der Waals surface area contributed by atoms with E-state index in [2.05, 4.69) is 205 Å². The van der Waals surface area contributed by atoms with Crippen LogP contribution in [0.2, 0.25) is 0 Å². The van der Waals surface area contributed by atoms with Crippen LogP contribution in [-0.2, 0) is 5.41 Å². The molecule has 0 aliphatic heterocycles. The molecule has 53 heavy (non-hydrogen) atoms. The first-order chi connectivity index (χ1) is 26.0. The molecule has 0 saturated heterocycles. The van der Waals surface area contributed by atoms with E-state index in [1.54, 1.807) is 0 Å². The van der Waals surface area contributed by atoms with Gasteiger partial charge in [-0.05, 0) is 124 Å². The van der Waals surface area contributed by atoms with Crippen molar-refractivity contribution in [1.82, 2.24) is 4.57 Å². The number of anilines is 3. The number of fused-ring (bicyclic) bond motifs is 6. The minimum absolute atomic E-state index is 0.0658. The van der Waals surface area contributed by atoms with Crippen LogP contribution in [0, 0.1) is 0 Å². The van der Waals surface area contributed by atoms with Gasteiger partial charge in [0.15, 0.2) is 0 Å². The molecule has 0 saturated carbocycles. The second-order valence-corrected chi connectivity index (χ2v) is 14.9. The van der Waals surface area contributed by atoms with Crippen molar-refractivity contribution in [3.63, 3.8) is 0 Å². The average molecular weight is 681 g/mol. The normalized spacial score (nSPS) is 14.3. The van der Waals surface area contributed by atoms with E-state index in [9.17, 15) is 0 Å². The third kappa shape index (κ3) is 5.17. The van der Waals surface area contributed by atoms with E-state index in [0.29, 0.717) is 0 Å². The number of aromatic nitrogens is 1. The highest BCUT2D eigenvalue weighted by molar-refractivity contribution is 6.10. The van der Waals surface area contributed by atoms with Crippen LogP contribution in [0.15, 0.2) is 182 Å². The van der Waals surface area contributed by atoms with E-state index >= 15 is 0 Å². The number of benzene rings is 7. The molecule has 2 aliphatic rings. The van der Waals surface area contributed by atoms with E-state index in [1.165, 1.54) is 72.0 Å². The zero-order chi connectivity index (χ0) is 35.5. The Balaban J connectivity index is 1.02. The maximum absolute atomic E-state index is 2.40. The standard InChI is InChI=1S/C51H40N2/c1-51(2)47-19-11-9-17-43(47)44-31-30-42(34-48(44)51)52(39-15-7-4-8-16-39)40-26-23-37(24-27-40)38-25-32-50-46(33-38)45-18-10-12-20-49(45)53(50)41-28-21-36(22-29-41)35-13-5-3-6-14-35/h4-5,7-34H,3,6H2,1-2H3. The fourth-order valence-corrected chi connectivity index (χ4v) is 8.72. The maximum atomic E-state index is 2.40. The molecule has 8 aromatic rings. The first-order valence-corrected chi connectivity index (χ1v) is 18.8. The first-order valence-electron chi connectivity index (χ1n) is 18.8. The van der Waals surface area contributed by atoms with Crippen LogP contribution in [0.5, 0.6) is 0 Å². The fourth-order valence-electron chi connectivity index (χ4n) is 8.72. The van der Waals surface area contributed by atoms with Gasteiger partial charge in [-0.15, -0.1) is 0 Å². The Bertz CT molecular complexity index is 2720. The van der Waals surface area contributed by atoms with Crippen LogP contribution in [-0.4, -0.2) is 4.57 Å². The number of rotatable bonds is 6. The summed E-state index contributed by atoms with van der Waals surface area (Å²) in [6.07, 6.45) is 9.10. The van der Waals surface area contributed by atoms with Crippen LogP contribution in [0.25, 0.3) is 55.3 Å². The third-order valence-corrected chi connectivity index (χ3v) is 11.4. The van der Waals surface area contributed by atoms with Gasteiger partial charge in [-0.2, -0.15) is 0 Å². The molecule has 0 N–H and O–H groups in total. The minimum atomic E-state index is -0.0658. The Morgan fingerprint density at radius 2 is 1.15 bits per heavy atom. The van der Waals surface area contributed by atoms with Gasteiger partial charge in [-0.25, -0.2) is 0 Å². The topological polar surface area (TPSA) is 8.17 Å². The summed E-state index contributed by atoms with van der Waals surface area (Å²) in [7, 11) is 0. The molecule has 254 valence electrons. The molecule has 0 amide bonds. The van der Waals surface area contributed by atoms with Gasteiger partial charge in [0.1, 0.15) is 0 Å². The summed E-state index contributed by atoms with van der Waals surface area (Å²) in [6.45, 7) is 4.70. The molecule has 0 atom stereocenters. The van der Waals surface area contributed by atoms with Gasteiger partial charge >= 0.3 is 0 Å². The Hall–Kier alpha value is -6.38. The highest BCUT2D eigenvalue weighted by Crippen LogP contribution is 2.50. The van der Waals surface area contributed by atoms with Crippen LogP contribution < -0.4 is 4.90 Å². The summed E-state index contributed by atoms with van der Waals surface area (Å²) >= 11 is 0. The molecule has 0 unspecified atom stereocenters. The molecule has 0 radical (unpaired) electrons. The number of hydrogen-bond donors (Lipinski definition) is 0. The second kappa shape index (κ2) is 12.4. The van der Waals surface area contributed by atoms with E-state index in [1.807, 2.05) is 0 Å². The van der Waals surface area contributed by atoms with Crippen molar-refractivity contribution in [2.24, 2.45) is 0 Å². The number of para-hydroxylation sites is 2. The lowest BCUT2D eigenvalue weighted by molar-refractivity contribution is 0.660. The second-order valence-electron chi connectivity index (χ2n) is 14.9. The van der Waals surface area contributed by atoms with Gasteiger partial charge in [-0.1, -0.05) is 129 Å². The lowest BCUT2D eigenvalue weighted by Gasteiger charge is -2.28. The highest BCUT2D eigenvalue weighted by atomic mass is 15.1. The van der Waals surface area contributed by atoms with Gasteiger partial charge in [-0.3, -0.25) is 0 Å². The van der Waals surface area contributed by atoms with E-state index in [4.69, 9.17) is 0 Å². The smallest absolute Gasteiger partial charge is 0.0541 e. The highest BCUT2D eigenvalue weighted by Gasteiger charge is 2.35. The van der Waals surface area contributed by atoms with Crippen molar-refractivity contribution in [3.8, 4) is 27.9 Å². The maximum Gasteiger partial charge on any atom is 0.0541 e. The molecule has 10 rings (SSSR count). The molecule has 7 aromatic carbocycles. The monoisotopic (exact) mass is 680 g/mol. The Labute approximate surface area is 311 Å². The Morgan fingerprint density at radius 3 is 1.96 bits per heavy atom. The average Bonchev–Trinajstić information content (AvgIpc) is 3.67. The van der Waals surface area contributed by atoms with Gasteiger partial charge in [0.05, 0.1) is 11.0 Å². The van der Waals surface area contributed by atoms with Crippen LogP contribution in [0.1, 0.15) is 43.4 Å². The zero-order valence-corrected chi connectivity index (χ0v) is 30.1. The van der Waals surface area contributed by atoms with Crippen molar-refractivity contribution >= 4 is 44.4 Å². The van der Waals surface area contributed by atoms with Crippen LogP contribution in [0.3, 0.4) is 0 Å².